The Morgan fingerprint density at radius 2 is 1.94 bits per heavy atom. The van der Waals surface area contributed by atoms with Gasteiger partial charge in [-0.05, 0) is 23.3 Å². The minimum absolute atomic E-state index is 0.0733. The molecule has 1 aromatic heterocycles. The number of ether oxygens (including phenoxy) is 2. The number of benzene rings is 2. The number of methoxy groups -OCH3 is 2. The topological polar surface area (TPSA) is 88.9 Å². The van der Waals surface area contributed by atoms with Gasteiger partial charge >= 0.3 is 0 Å². The van der Waals surface area contributed by atoms with Gasteiger partial charge in [0.05, 0.1) is 31.2 Å². The van der Waals surface area contributed by atoms with Gasteiger partial charge in [0.15, 0.2) is 4.34 Å². The summed E-state index contributed by atoms with van der Waals surface area (Å²) in [6, 6.07) is 17.6. The van der Waals surface area contributed by atoms with E-state index in [0.717, 1.165) is 26.9 Å². The van der Waals surface area contributed by atoms with Crippen LogP contribution in [0.15, 0.2) is 64.0 Å². The summed E-state index contributed by atoms with van der Waals surface area (Å²) in [6.45, 7) is 1.24. The molecule has 1 unspecified atom stereocenters. The number of carbonyl (C=O) groups excluding carboxylic acids is 1. The van der Waals surface area contributed by atoms with Crippen molar-refractivity contribution in [2.75, 3.05) is 38.4 Å². The van der Waals surface area contributed by atoms with Crippen molar-refractivity contribution in [3.8, 4) is 5.75 Å². The number of aromatic nitrogens is 2. The Bertz CT molecular complexity index is 1090. The molecule has 2 heterocycles. The van der Waals surface area contributed by atoms with Gasteiger partial charge < -0.3 is 14.8 Å². The average molecular weight is 484 g/mol. The highest BCUT2D eigenvalue weighted by Gasteiger charge is 2.33. The Kier molecular flexibility index (Phi) is 7.92. The molecule has 3 aromatic rings. The molecule has 0 fully saturated rings. The Balaban J connectivity index is 1.47. The first-order chi connectivity index (χ1) is 16.2. The minimum Gasteiger partial charge on any atom is -0.497 e. The molecular formula is C23H25N5O3S2. The smallest absolute Gasteiger partial charge is 0.253 e. The van der Waals surface area contributed by atoms with Crippen LogP contribution in [-0.2, 0) is 9.53 Å². The summed E-state index contributed by atoms with van der Waals surface area (Å²) >= 11 is 2.79. The second-order valence-corrected chi connectivity index (χ2v) is 9.43. The number of hydrazone groups is 1. The fourth-order valence-electron chi connectivity index (χ4n) is 3.42. The summed E-state index contributed by atoms with van der Waals surface area (Å²) in [5.41, 5.74) is 2.94. The molecule has 8 nitrogen and oxygen atoms in total. The Morgan fingerprint density at radius 3 is 2.67 bits per heavy atom. The monoisotopic (exact) mass is 483 g/mol. The summed E-state index contributed by atoms with van der Waals surface area (Å²) < 4.78 is 11.0. The molecule has 0 radical (unpaired) electrons. The van der Waals surface area contributed by atoms with Crippen molar-refractivity contribution in [3.05, 3.63) is 65.7 Å². The molecule has 0 saturated carbocycles. The lowest BCUT2D eigenvalue weighted by molar-refractivity contribution is -0.130. The third-order valence-corrected chi connectivity index (χ3v) is 7.08. The van der Waals surface area contributed by atoms with Crippen LogP contribution < -0.4 is 10.1 Å². The molecule has 2 aromatic carbocycles. The Hall–Kier alpha value is -2.95. The lowest BCUT2D eigenvalue weighted by atomic mass is 9.98. The van der Waals surface area contributed by atoms with Crippen LogP contribution >= 0.6 is 23.1 Å². The largest absolute Gasteiger partial charge is 0.497 e. The standard InChI is InChI=1S/C23H25N5O3S2/c1-30-13-12-24-22-25-26-23(33-22)32-15-21(29)28-20(17-8-10-18(31-2)11-9-17)14-19(27-28)16-6-4-3-5-7-16/h3-11,20H,12-15H2,1-2H3,(H,24,25). The van der Waals surface area contributed by atoms with Crippen molar-refractivity contribution >= 4 is 39.8 Å². The van der Waals surface area contributed by atoms with Crippen molar-refractivity contribution in [2.24, 2.45) is 5.10 Å². The number of hydrogen-bond acceptors (Lipinski definition) is 9. The predicted molar refractivity (Wildman–Crippen MR) is 131 cm³/mol. The van der Waals surface area contributed by atoms with Crippen molar-refractivity contribution in [2.45, 2.75) is 16.8 Å². The van der Waals surface area contributed by atoms with E-state index >= 15 is 0 Å². The molecule has 1 N–H and O–H groups in total. The lowest BCUT2D eigenvalue weighted by Crippen LogP contribution is -2.28. The minimum atomic E-state index is -0.167. The van der Waals surface area contributed by atoms with Gasteiger partial charge in [0.25, 0.3) is 5.91 Å². The number of nitrogens with one attached hydrogen (secondary N) is 1. The molecule has 10 heteroatoms. The van der Waals surface area contributed by atoms with Crippen molar-refractivity contribution in [1.29, 1.82) is 0 Å². The van der Waals surface area contributed by atoms with E-state index in [4.69, 9.17) is 14.6 Å². The third-order valence-electron chi connectivity index (χ3n) is 5.08. The number of rotatable bonds is 10. The van der Waals surface area contributed by atoms with E-state index in [9.17, 15) is 4.79 Å². The highest BCUT2D eigenvalue weighted by Crippen LogP contribution is 2.35. The van der Waals surface area contributed by atoms with Crippen LogP contribution in [0.3, 0.4) is 0 Å². The van der Waals surface area contributed by atoms with E-state index in [-0.39, 0.29) is 17.7 Å². The van der Waals surface area contributed by atoms with E-state index < -0.39 is 0 Å². The highest BCUT2D eigenvalue weighted by molar-refractivity contribution is 8.01. The molecule has 0 saturated heterocycles. The molecule has 1 aliphatic rings. The van der Waals surface area contributed by atoms with Crippen LogP contribution in [0.2, 0.25) is 0 Å². The zero-order chi connectivity index (χ0) is 23.0. The van der Waals surface area contributed by atoms with E-state index in [0.29, 0.717) is 24.7 Å². The van der Waals surface area contributed by atoms with Crippen LogP contribution in [-0.4, -0.2) is 59.9 Å². The highest BCUT2D eigenvalue weighted by atomic mass is 32.2. The number of carbonyl (C=O) groups is 1. The molecule has 0 aliphatic carbocycles. The predicted octanol–water partition coefficient (Wildman–Crippen LogP) is 4.08. The first kappa shape index (κ1) is 23.2. The molecular weight excluding hydrogens is 458 g/mol. The zero-order valence-electron chi connectivity index (χ0n) is 18.4. The number of nitrogens with zero attached hydrogens (tertiary/aromatic N) is 4. The zero-order valence-corrected chi connectivity index (χ0v) is 20.1. The molecule has 1 aliphatic heterocycles. The van der Waals surface area contributed by atoms with E-state index in [1.165, 1.54) is 23.1 Å². The van der Waals surface area contributed by atoms with Crippen LogP contribution in [0.1, 0.15) is 23.6 Å². The van der Waals surface area contributed by atoms with E-state index in [1.807, 2.05) is 54.6 Å². The first-order valence-corrected chi connectivity index (χ1v) is 12.3. The van der Waals surface area contributed by atoms with Gasteiger partial charge in [-0.1, -0.05) is 65.6 Å². The summed E-state index contributed by atoms with van der Waals surface area (Å²) in [5.74, 6) is 0.932. The van der Waals surface area contributed by atoms with Crippen molar-refractivity contribution in [1.82, 2.24) is 15.2 Å². The molecule has 33 heavy (non-hydrogen) atoms. The summed E-state index contributed by atoms with van der Waals surface area (Å²) in [5, 5.41) is 18.5. The normalized spacial score (nSPS) is 15.4. The van der Waals surface area contributed by atoms with Crippen molar-refractivity contribution < 1.29 is 14.3 Å². The van der Waals surface area contributed by atoms with Crippen LogP contribution in [0.5, 0.6) is 5.75 Å². The van der Waals surface area contributed by atoms with Gasteiger partial charge in [0.2, 0.25) is 5.13 Å². The van der Waals surface area contributed by atoms with Crippen LogP contribution in [0, 0.1) is 0 Å². The average Bonchev–Trinajstić information content (AvgIpc) is 3.51. The molecule has 1 atom stereocenters. The molecule has 1 amide bonds. The van der Waals surface area contributed by atoms with Gasteiger partial charge in [-0.15, -0.1) is 10.2 Å². The maximum Gasteiger partial charge on any atom is 0.253 e. The molecule has 0 bridgehead atoms. The van der Waals surface area contributed by atoms with E-state index in [2.05, 4.69) is 15.5 Å². The maximum absolute atomic E-state index is 13.2. The second-order valence-electron chi connectivity index (χ2n) is 7.23. The van der Waals surface area contributed by atoms with Gasteiger partial charge in [0, 0.05) is 20.1 Å². The second kappa shape index (κ2) is 11.3. The number of thioether (sulfide) groups is 1. The molecule has 4 rings (SSSR count). The maximum atomic E-state index is 13.2. The van der Waals surface area contributed by atoms with Crippen LogP contribution in [0.25, 0.3) is 0 Å². The quantitative estimate of drug-likeness (QED) is 0.343. The Labute approximate surface area is 201 Å². The van der Waals surface area contributed by atoms with Crippen LogP contribution in [0.4, 0.5) is 5.13 Å². The fraction of sp³-hybridized carbons (Fsp3) is 0.304. The molecule has 172 valence electrons. The van der Waals surface area contributed by atoms with Gasteiger partial charge in [0.1, 0.15) is 5.75 Å². The van der Waals surface area contributed by atoms with Gasteiger partial charge in [-0.2, -0.15) is 5.10 Å². The third kappa shape index (κ3) is 5.89. The SMILES string of the molecule is COCCNc1nnc(SCC(=O)N2N=C(c3ccccc3)CC2c2ccc(OC)cc2)s1. The van der Waals surface area contributed by atoms with E-state index in [1.54, 1.807) is 19.2 Å². The van der Waals surface area contributed by atoms with Gasteiger partial charge in [-0.3, -0.25) is 4.79 Å². The van der Waals surface area contributed by atoms with Gasteiger partial charge in [-0.25, -0.2) is 5.01 Å². The van der Waals surface area contributed by atoms with Crippen molar-refractivity contribution in [3.63, 3.8) is 0 Å². The molecule has 0 spiro atoms. The summed E-state index contributed by atoms with van der Waals surface area (Å²) in [6.07, 6.45) is 0.652. The summed E-state index contributed by atoms with van der Waals surface area (Å²) in [7, 11) is 3.29. The fourth-order valence-corrected chi connectivity index (χ4v) is 5.05. The summed E-state index contributed by atoms with van der Waals surface area (Å²) in [4.78, 5) is 13.2. The number of amides is 1. The first-order valence-electron chi connectivity index (χ1n) is 10.5. The number of hydrogen-bond donors (Lipinski definition) is 1. The Morgan fingerprint density at radius 1 is 1.15 bits per heavy atom. The lowest BCUT2D eigenvalue weighted by Gasteiger charge is -2.22. The number of anilines is 1.